The third-order valence-electron chi connectivity index (χ3n) is 7.00. The fourth-order valence-corrected chi connectivity index (χ4v) is 5.26. The number of likely N-dealkylation sites (tertiary alicyclic amines) is 2. The summed E-state index contributed by atoms with van der Waals surface area (Å²) in [7, 11) is 1.77. The molecular weight excluding hydrogens is 356 g/mol. The SMILES string of the molecule is CN1C(=O)C[C@H](C(=O)O)C12CCN(Cc1cccc(OC3CCCC3)c1)CC2. The Bertz CT molecular complexity index is 736. The molecule has 2 saturated heterocycles. The number of benzene rings is 1. The molecule has 28 heavy (non-hydrogen) atoms. The summed E-state index contributed by atoms with van der Waals surface area (Å²) >= 11 is 0. The molecule has 6 heteroatoms. The van der Waals surface area contributed by atoms with Crippen molar-refractivity contribution in [2.75, 3.05) is 20.1 Å². The zero-order valence-electron chi connectivity index (χ0n) is 16.6. The summed E-state index contributed by atoms with van der Waals surface area (Å²) in [6.45, 7) is 2.43. The summed E-state index contributed by atoms with van der Waals surface area (Å²) in [5.74, 6) is -0.527. The van der Waals surface area contributed by atoms with Gasteiger partial charge in [-0.05, 0) is 56.2 Å². The molecule has 4 rings (SSSR count). The second-order valence-electron chi connectivity index (χ2n) is 8.60. The standard InChI is InChI=1S/C22H30N2O4/c1-23-20(25)14-19(21(26)27)22(23)9-11-24(12-10-22)15-16-5-4-8-18(13-16)28-17-6-2-3-7-17/h4-5,8,13,17,19H,2-3,6-7,9-12,14-15H2,1H3,(H,26,27)/t19-/m1/s1. The lowest BCUT2D eigenvalue weighted by Crippen LogP contribution is -2.55. The molecule has 1 aromatic rings. The molecule has 0 aromatic heterocycles. The predicted molar refractivity (Wildman–Crippen MR) is 105 cm³/mol. The zero-order chi connectivity index (χ0) is 19.7. The number of hydrogen-bond donors (Lipinski definition) is 1. The van der Waals surface area contributed by atoms with Crippen LogP contribution in [-0.4, -0.2) is 58.6 Å². The van der Waals surface area contributed by atoms with E-state index in [4.69, 9.17) is 4.74 Å². The number of carbonyl (C=O) groups excluding carboxylic acids is 1. The van der Waals surface area contributed by atoms with Gasteiger partial charge in [-0.1, -0.05) is 12.1 Å². The van der Waals surface area contributed by atoms with E-state index < -0.39 is 17.4 Å². The van der Waals surface area contributed by atoms with Crippen LogP contribution in [0.25, 0.3) is 0 Å². The van der Waals surface area contributed by atoms with Gasteiger partial charge in [-0.25, -0.2) is 0 Å². The molecule has 2 aliphatic heterocycles. The van der Waals surface area contributed by atoms with E-state index >= 15 is 0 Å². The summed E-state index contributed by atoms with van der Waals surface area (Å²) in [5.41, 5.74) is 0.699. The molecule has 3 aliphatic rings. The van der Waals surface area contributed by atoms with Crippen molar-refractivity contribution in [1.29, 1.82) is 0 Å². The average molecular weight is 386 g/mol. The molecule has 0 unspecified atom stereocenters. The molecule has 1 amide bonds. The molecule has 152 valence electrons. The molecule has 1 spiro atoms. The van der Waals surface area contributed by atoms with Crippen molar-refractivity contribution < 1.29 is 19.4 Å². The number of carboxylic acid groups (broad SMARTS) is 1. The van der Waals surface area contributed by atoms with Crippen molar-refractivity contribution in [1.82, 2.24) is 9.80 Å². The van der Waals surface area contributed by atoms with Crippen LogP contribution in [0.1, 0.15) is 50.5 Å². The van der Waals surface area contributed by atoms with Crippen LogP contribution < -0.4 is 4.74 Å². The Morgan fingerprint density at radius 1 is 1.25 bits per heavy atom. The van der Waals surface area contributed by atoms with E-state index in [-0.39, 0.29) is 12.3 Å². The normalized spacial score (nSPS) is 25.5. The lowest BCUT2D eigenvalue weighted by Gasteiger charge is -2.45. The van der Waals surface area contributed by atoms with E-state index in [1.54, 1.807) is 11.9 Å². The van der Waals surface area contributed by atoms with Gasteiger partial charge >= 0.3 is 5.97 Å². The summed E-state index contributed by atoms with van der Waals surface area (Å²) < 4.78 is 6.12. The number of carbonyl (C=O) groups is 2. The van der Waals surface area contributed by atoms with Gasteiger partial charge in [0.05, 0.1) is 17.6 Å². The van der Waals surface area contributed by atoms with Crippen LogP contribution in [-0.2, 0) is 16.1 Å². The van der Waals surface area contributed by atoms with Gasteiger partial charge < -0.3 is 14.7 Å². The number of amides is 1. The second kappa shape index (κ2) is 7.74. The third kappa shape index (κ3) is 3.62. The molecule has 1 aromatic carbocycles. The van der Waals surface area contributed by atoms with Gasteiger partial charge in [-0.2, -0.15) is 0 Å². The first-order valence-corrected chi connectivity index (χ1v) is 10.5. The first-order valence-electron chi connectivity index (χ1n) is 10.5. The van der Waals surface area contributed by atoms with Gasteiger partial charge in [-0.3, -0.25) is 14.5 Å². The monoisotopic (exact) mass is 386 g/mol. The lowest BCUT2D eigenvalue weighted by molar-refractivity contribution is -0.146. The van der Waals surface area contributed by atoms with Crippen LogP contribution in [0.4, 0.5) is 0 Å². The Labute approximate surface area is 166 Å². The maximum Gasteiger partial charge on any atom is 0.309 e. The number of piperidine rings is 1. The van der Waals surface area contributed by atoms with Crippen molar-refractivity contribution >= 4 is 11.9 Å². The number of nitrogens with zero attached hydrogens (tertiary/aromatic N) is 2. The molecule has 0 bridgehead atoms. The molecule has 1 atom stereocenters. The maximum atomic E-state index is 12.1. The lowest BCUT2D eigenvalue weighted by atomic mass is 9.77. The highest BCUT2D eigenvalue weighted by Gasteiger charge is 2.55. The summed E-state index contributed by atoms with van der Waals surface area (Å²) in [4.78, 5) is 27.9. The van der Waals surface area contributed by atoms with Gasteiger partial charge in [0.2, 0.25) is 5.91 Å². The average Bonchev–Trinajstić information content (AvgIpc) is 3.27. The Morgan fingerprint density at radius 2 is 1.96 bits per heavy atom. The fraction of sp³-hybridized carbons (Fsp3) is 0.636. The summed E-state index contributed by atoms with van der Waals surface area (Å²) in [6, 6.07) is 8.34. The van der Waals surface area contributed by atoms with Crippen LogP contribution in [0.3, 0.4) is 0 Å². The van der Waals surface area contributed by atoms with Crippen LogP contribution in [0.2, 0.25) is 0 Å². The Hall–Kier alpha value is -2.08. The van der Waals surface area contributed by atoms with Gasteiger partial charge in [0.1, 0.15) is 5.75 Å². The van der Waals surface area contributed by atoms with Crippen LogP contribution in [0.5, 0.6) is 5.75 Å². The molecule has 1 N–H and O–H groups in total. The molecule has 1 aliphatic carbocycles. The minimum atomic E-state index is -0.845. The van der Waals surface area contributed by atoms with Crippen molar-refractivity contribution in [2.45, 2.75) is 63.1 Å². The molecular formula is C22H30N2O4. The zero-order valence-corrected chi connectivity index (χ0v) is 16.6. The minimum absolute atomic E-state index is 0.0439. The number of ether oxygens (including phenoxy) is 1. The third-order valence-corrected chi connectivity index (χ3v) is 7.00. The maximum absolute atomic E-state index is 12.1. The van der Waals surface area contributed by atoms with Crippen molar-refractivity contribution in [3.63, 3.8) is 0 Å². The number of aliphatic carboxylic acids is 1. The topological polar surface area (TPSA) is 70.1 Å². The number of rotatable bonds is 5. The van der Waals surface area contributed by atoms with Crippen LogP contribution in [0, 0.1) is 5.92 Å². The predicted octanol–water partition coefficient (Wildman–Crippen LogP) is 2.91. The molecule has 6 nitrogen and oxygen atoms in total. The van der Waals surface area contributed by atoms with Gasteiger partial charge in [0, 0.05) is 33.1 Å². The molecule has 0 radical (unpaired) electrons. The van der Waals surface area contributed by atoms with Gasteiger partial charge in [-0.15, -0.1) is 0 Å². The van der Waals surface area contributed by atoms with E-state index in [0.29, 0.717) is 18.9 Å². The molecule has 2 heterocycles. The highest BCUT2D eigenvalue weighted by Crippen LogP contribution is 2.43. The van der Waals surface area contributed by atoms with Gasteiger partial charge in [0.25, 0.3) is 0 Å². The molecule has 3 fully saturated rings. The van der Waals surface area contributed by atoms with Crippen molar-refractivity contribution in [3.8, 4) is 5.75 Å². The van der Waals surface area contributed by atoms with E-state index in [1.165, 1.54) is 18.4 Å². The first-order chi connectivity index (χ1) is 13.5. The number of hydrogen-bond acceptors (Lipinski definition) is 4. The van der Waals surface area contributed by atoms with E-state index in [9.17, 15) is 14.7 Å². The highest BCUT2D eigenvalue weighted by molar-refractivity contribution is 5.88. The van der Waals surface area contributed by atoms with E-state index in [2.05, 4.69) is 23.1 Å². The Kier molecular flexibility index (Phi) is 5.32. The van der Waals surface area contributed by atoms with E-state index in [0.717, 1.165) is 38.2 Å². The second-order valence-corrected chi connectivity index (χ2v) is 8.60. The highest BCUT2D eigenvalue weighted by atomic mass is 16.5. The van der Waals surface area contributed by atoms with Crippen molar-refractivity contribution in [3.05, 3.63) is 29.8 Å². The van der Waals surface area contributed by atoms with E-state index in [1.807, 2.05) is 6.07 Å². The van der Waals surface area contributed by atoms with Crippen LogP contribution in [0.15, 0.2) is 24.3 Å². The smallest absolute Gasteiger partial charge is 0.309 e. The fourth-order valence-electron chi connectivity index (χ4n) is 5.26. The first kappa shape index (κ1) is 19.2. The Morgan fingerprint density at radius 3 is 2.64 bits per heavy atom. The number of carboxylic acids is 1. The largest absolute Gasteiger partial charge is 0.490 e. The van der Waals surface area contributed by atoms with Crippen LogP contribution >= 0.6 is 0 Å². The summed E-state index contributed by atoms with van der Waals surface area (Å²) in [6.07, 6.45) is 6.72. The van der Waals surface area contributed by atoms with Gasteiger partial charge in [0.15, 0.2) is 0 Å². The Balaban J connectivity index is 1.38. The minimum Gasteiger partial charge on any atom is -0.490 e. The van der Waals surface area contributed by atoms with Crippen molar-refractivity contribution in [2.24, 2.45) is 5.92 Å². The quantitative estimate of drug-likeness (QED) is 0.843. The molecule has 1 saturated carbocycles. The summed E-state index contributed by atoms with van der Waals surface area (Å²) in [5, 5.41) is 9.61.